The Morgan fingerprint density at radius 2 is 2.24 bits per heavy atom. The van der Waals surface area contributed by atoms with Gasteiger partial charge in [0.25, 0.3) is 5.91 Å². The lowest BCUT2D eigenvalue weighted by Crippen LogP contribution is -2.11. The van der Waals surface area contributed by atoms with Crippen LogP contribution in [0.5, 0.6) is 0 Å². The van der Waals surface area contributed by atoms with Crippen LogP contribution >= 0.6 is 0 Å². The molecule has 0 saturated heterocycles. The molecule has 0 spiro atoms. The second-order valence-electron chi connectivity index (χ2n) is 3.48. The topological polar surface area (TPSA) is 68.3 Å². The van der Waals surface area contributed by atoms with Crippen LogP contribution in [-0.2, 0) is 6.54 Å². The van der Waals surface area contributed by atoms with E-state index in [9.17, 15) is 9.18 Å². The Kier molecular flexibility index (Phi) is 3.20. The third-order valence-electron chi connectivity index (χ3n) is 2.31. The molecule has 0 aliphatic carbocycles. The number of nitrogens with two attached hydrogens (primary N) is 1. The maximum Gasteiger partial charge on any atom is 0.258 e. The summed E-state index contributed by atoms with van der Waals surface area (Å²) >= 11 is 0. The molecule has 0 bridgehead atoms. The number of halogens is 1. The van der Waals surface area contributed by atoms with Crippen LogP contribution in [0, 0.1) is 5.82 Å². The zero-order valence-corrected chi connectivity index (χ0v) is 8.94. The Hall–Kier alpha value is -2.14. The monoisotopic (exact) mass is 234 g/mol. The van der Waals surface area contributed by atoms with E-state index in [4.69, 9.17) is 10.2 Å². The first-order valence-electron chi connectivity index (χ1n) is 5.03. The molecule has 4 nitrogen and oxygen atoms in total. The molecule has 0 radical (unpaired) electrons. The van der Waals surface area contributed by atoms with Crippen molar-refractivity contribution in [1.29, 1.82) is 0 Å². The number of carbonyl (C=O) groups excluding carboxylic acids is 1. The highest BCUT2D eigenvalue weighted by Gasteiger charge is 2.08. The molecule has 2 rings (SSSR count). The molecule has 0 atom stereocenters. The highest BCUT2D eigenvalue weighted by Crippen LogP contribution is 2.15. The summed E-state index contributed by atoms with van der Waals surface area (Å²) in [4.78, 5) is 11.7. The number of nitrogens with one attached hydrogen (secondary N) is 1. The minimum atomic E-state index is -0.381. The van der Waals surface area contributed by atoms with Gasteiger partial charge in [-0.1, -0.05) is 0 Å². The van der Waals surface area contributed by atoms with E-state index in [1.54, 1.807) is 6.07 Å². The van der Waals surface area contributed by atoms with Crippen LogP contribution in [0.3, 0.4) is 0 Å². The van der Waals surface area contributed by atoms with Gasteiger partial charge in [-0.15, -0.1) is 0 Å². The summed E-state index contributed by atoms with van der Waals surface area (Å²) in [5.74, 6) is -0.692. The van der Waals surface area contributed by atoms with Gasteiger partial charge in [0.2, 0.25) is 0 Å². The Bertz CT molecular complexity index is 523. The molecule has 0 aliphatic rings. The van der Waals surface area contributed by atoms with E-state index in [1.165, 1.54) is 30.7 Å². The van der Waals surface area contributed by atoms with E-state index in [-0.39, 0.29) is 18.3 Å². The van der Waals surface area contributed by atoms with Gasteiger partial charge in [0.05, 0.1) is 11.8 Å². The lowest BCUT2D eigenvalue weighted by Gasteiger charge is -2.06. The van der Waals surface area contributed by atoms with Gasteiger partial charge in [-0.2, -0.15) is 0 Å². The molecule has 0 fully saturated rings. The van der Waals surface area contributed by atoms with Crippen molar-refractivity contribution in [3.63, 3.8) is 0 Å². The zero-order chi connectivity index (χ0) is 12.3. The molecule has 1 amide bonds. The van der Waals surface area contributed by atoms with Crippen LogP contribution in [0.25, 0.3) is 0 Å². The average molecular weight is 234 g/mol. The Morgan fingerprint density at radius 3 is 2.88 bits per heavy atom. The average Bonchev–Trinajstić information content (AvgIpc) is 2.85. The Labute approximate surface area is 97.2 Å². The minimum Gasteiger partial charge on any atom is -0.472 e. The molecule has 0 saturated carbocycles. The first kappa shape index (κ1) is 11.3. The fourth-order valence-electron chi connectivity index (χ4n) is 1.41. The van der Waals surface area contributed by atoms with Crippen molar-refractivity contribution in [3.8, 4) is 0 Å². The maximum absolute atomic E-state index is 13.2. The molecule has 1 aromatic heterocycles. The standard InChI is InChI=1S/C12H11FN2O2/c13-11-2-1-10(5-9(11)6-14)15-12(16)8-3-4-17-7-8/h1-5,7H,6,14H2,(H,15,16). The van der Waals surface area contributed by atoms with Gasteiger partial charge >= 0.3 is 0 Å². The van der Waals surface area contributed by atoms with E-state index >= 15 is 0 Å². The molecular weight excluding hydrogens is 223 g/mol. The lowest BCUT2D eigenvalue weighted by atomic mass is 10.2. The quantitative estimate of drug-likeness (QED) is 0.854. The van der Waals surface area contributed by atoms with Crippen molar-refractivity contribution in [2.45, 2.75) is 6.54 Å². The summed E-state index contributed by atoms with van der Waals surface area (Å²) in [6, 6.07) is 5.80. The first-order chi connectivity index (χ1) is 8.20. The van der Waals surface area contributed by atoms with Crippen LogP contribution < -0.4 is 11.1 Å². The molecule has 3 N–H and O–H groups in total. The summed E-state index contributed by atoms with van der Waals surface area (Å²) in [6.07, 6.45) is 2.74. The number of rotatable bonds is 3. The van der Waals surface area contributed by atoms with E-state index in [2.05, 4.69) is 5.32 Å². The minimum absolute atomic E-state index is 0.0846. The van der Waals surface area contributed by atoms with Gasteiger partial charge in [0.15, 0.2) is 0 Å². The fraction of sp³-hybridized carbons (Fsp3) is 0.0833. The number of furan rings is 1. The van der Waals surface area contributed by atoms with Gasteiger partial charge in [0, 0.05) is 17.8 Å². The molecule has 17 heavy (non-hydrogen) atoms. The summed E-state index contributed by atoms with van der Waals surface area (Å²) in [5, 5.41) is 2.63. The highest BCUT2D eigenvalue weighted by atomic mass is 19.1. The molecule has 1 heterocycles. The second kappa shape index (κ2) is 4.80. The summed E-state index contributed by atoms with van der Waals surface area (Å²) in [6.45, 7) is 0.0846. The SMILES string of the molecule is NCc1cc(NC(=O)c2ccoc2)ccc1F. The van der Waals surface area contributed by atoms with Crippen LogP contribution in [0.4, 0.5) is 10.1 Å². The molecule has 0 unspecified atom stereocenters. The first-order valence-corrected chi connectivity index (χ1v) is 5.03. The third kappa shape index (κ3) is 2.51. The van der Waals surface area contributed by atoms with Gasteiger partial charge < -0.3 is 15.5 Å². The van der Waals surface area contributed by atoms with Crippen molar-refractivity contribution < 1.29 is 13.6 Å². The number of amides is 1. The molecule has 2 aromatic rings. The van der Waals surface area contributed by atoms with Crippen molar-refractivity contribution in [2.75, 3.05) is 5.32 Å². The number of carbonyl (C=O) groups is 1. The number of benzene rings is 1. The van der Waals surface area contributed by atoms with Gasteiger partial charge in [-0.3, -0.25) is 4.79 Å². The number of hydrogen-bond donors (Lipinski definition) is 2. The predicted molar refractivity (Wildman–Crippen MR) is 61.0 cm³/mol. The van der Waals surface area contributed by atoms with Crippen molar-refractivity contribution in [1.82, 2.24) is 0 Å². The normalized spacial score (nSPS) is 10.2. The molecular formula is C12H11FN2O2. The smallest absolute Gasteiger partial charge is 0.258 e. The summed E-state index contributed by atoms with van der Waals surface area (Å²) in [7, 11) is 0. The van der Waals surface area contributed by atoms with E-state index in [1.807, 2.05) is 0 Å². The Balaban J connectivity index is 2.16. The van der Waals surface area contributed by atoms with E-state index in [0.717, 1.165) is 0 Å². The van der Waals surface area contributed by atoms with Gasteiger partial charge in [0.1, 0.15) is 12.1 Å². The lowest BCUT2D eigenvalue weighted by molar-refractivity contribution is 0.102. The van der Waals surface area contributed by atoms with Gasteiger partial charge in [-0.05, 0) is 24.3 Å². The predicted octanol–water partition coefficient (Wildman–Crippen LogP) is 2.13. The third-order valence-corrected chi connectivity index (χ3v) is 2.31. The van der Waals surface area contributed by atoms with Crippen molar-refractivity contribution >= 4 is 11.6 Å². The van der Waals surface area contributed by atoms with Crippen LogP contribution in [0.2, 0.25) is 0 Å². The summed E-state index contributed by atoms with van der Waals surface area (Å²) < 4.78 is 18.0. The summed E-state index contributed by atoms with van der Waals surface area (Å²) in [5.41, 5.74) is 6.64. The number of hydrogen-bond acceptors (Lipinski definition) is 3. The maximum atomic E-state index is 13.2. The van der Waals surface area contributed by atoms with Crippen molar-refractivity contribution in [2.24, 2.45) is 5.73 Å². The van der Waals surface area contributed by atoms with E-state index < -0.39 is 0 Å². The molecule has 88 valence electrons. The largest absolute Gasteiger partial charge is 0.472 e. The second-order valence-corrected chi connectivity index (χ2v) is 3.48. The fourth-order valence-corrected chi connectivity index (χ4v) is 1.41. The zero-order valence-electron chi connectivity index (χ0n) is 8.94. The Morgan fingerprint density at radius 1 is 1.41 bits per heavy atom. The van der Waals surface area contributed by atoms with Crippen LogP contribution in [0.1, 0.15) is 15.9 Å². The van der Waals surface area contributed by atoms with Crippen molar-refractivity contribution in [3.05, 3.63) is 53.7 Å². The van der Waals surface area contributed by atoms with E-state index in [0.29, 0.717) is 16.8 Å². The van der Waals surface area contributed by atoms with Crippen LogP contribution in [-0.4, -0.2) is 5.91 Å². The molecule has 0 aliphatic heterocycles. The van der Waals surface area contributed by atoms with Crippen LogP contribution in [0.15, 0.2) is 41.2 Å². The molecule has 1 aromatic carbocycles. The molecule has 5 heteroatoms. The van der Waals surface area contributed by atoms with Gasteiger partial charge in [-0.25, -0.2) is 4.39 Å². The number of anilines is 1. The highest BCUT2D eigenvalue weighted by molar-refractivity contribution is 6.03.